The van der Waals surface area contributed by atoms with E-state index in [2.05, 4.69) is 15.3 Å². The van der Waals surface area contributed by atoms with Crippen molar-refractivity contribution in [2.75, 3.05) is 31.6 Å². The molecule has 3 heterocycles. The van der Waals surface area contributed by atoms with Crippen LogP contribution >= 0.6 is 0 Å². The first-order valence-corrected chi connectivity index (χ1v) is 8.22. The molecule has 3 N–H and O–H groups in total. The van der Waals surface area contributed by atoms with Crippen LogP contribution in [0.5, 0.6) is 0 Å². The lowest BCUT2D eigenvalue weighted by Crippen LogP contribution is -2.52. The van der Waals surface area contributed by atoms with Gasteiger partial charge in [0.1, 0.15) is 4.90 Å². The van der Waals surface area contributed by atoms with Crippen LogP contribution in [-0.2, 0) is 10.0 Å². The SMILES string of the molecule is NNc1ccncc1S(=O)(=O)N1CCN2CCCC2C1. The van der Waals surface area contributed by atoms with Crippen molar-refractivity contribution in [2.45, 2.75) is 23.8 Å². The summed E-state index contributed by atoms with van der Waals surface area (Å²) < 4.78 is 27.0. The fourth-order valence-corrected chi connectivity index (χ4v) is 4.59. The van der Waals surface area contributed by atoms with Crippen molar-refractivity contribution in [1.29, 1.82) is 0 Å². The summed E-state index contributed by atoms with van der Waals surface area (Å²) >= 11 is 0. The standard InChI is InChI=1S/C12H19N5O2S/c13-15-11-3-4-14-8-12(11)20(18,19)17-7-6-16-5-1-2-10(16)9-17/h3-4,8,10H,1-2,5-7,9,13H2,(H,14,15). The molecule has 0 amide bonds. The number of aromatic nitrogens is 1. The highest BCUT2D eigenvalue weighted by atomic mass is 32.2. The first kappa shape index (κ1) is 13.7. The third-order valence-corrected chi connectivity index (χ3v) is 6.00. The molecule has 1 aromatic heterocycles. The van der Waals surface area contributed by atoms with Gasteiger partial charge in [-0.2, -0.15) is 4.31 Å². The maximum atomic E-state index is 12.7. The van der Waals surface area contributed by atoms with Gasteiger partial charge in [0, 0.05) is 38.1 Å². The Hall–Kier alpha value is -1.22. The van der Waals surface area contributed by atoms with Crippen LogP contribution in [0.15, 0.2) is 23.4 Å². The highest BCUT2D eigenvalue weighted by Crippen LogP contribution is 2.28. The van der Waals surface area contributed by atoms with Gasteiger partial charge in [-0.15, -0.1) is 0 Å². The van der Waals surface area contributed by atoms with Crippen molar-refractivity contribution in [3.05, 3.63) is 18.5 Å². The third kappa shape index (κ3) is 2.28. The summed E-state index contributed by atoms with van der Waals surface area (Å²) in [6, 6.07) is 1.92. The quantitative estimate of drug-likeness (QED) is 0.595. The summed E-state index contributed by atoms with van der Waals surface area (Å²) in [5.41, 5.74) is 2.81. The Bertz CT molecular complexity index is 591. The summed E-state index contributed by atoms with van der Waals surface area (Å²) in [6.45, 7) is 2.97. The van der Waals surface area contributed by atoms with Crippen molar-refractivity contribution in [2.24, 2.45) is 5.84 Å². The third-order valence-electron chi connectivity index (χ3n) is 4.11. The van der Waals surface area contributed by atoms with Crippen LogP contribution in [-0.4, -0.2) is 54.8 Å². The number of nitrogens with zero attached hydrogens (tertiary/aromatic N) is 3. The molecule has 0 aliphatic carbocycles. The zero-order chi connectivity index (χ0) is 14.2. The molecule has 2 fully saturated rings. The normalized spacial score (nSPS) is 24.6. The Morgan fingerprint density at radius 1 is 1.35 bits per heavy atom. The fourth-order valence-electron chi connectivity index (χ4n) is 3.02. The van der Waals surface area contributed by atoms with Crippen LogP contribution in [0.4, 0.5) is 5.69 Å². The number of fused-ring (bicyclic) bond motifs is 1. The molecule has 0 spiro atoms. The summed E-state index contributed by atoms with van der Waals surface area (Å²) in [4.78, 5) is 6.43. The van der Waals surface area contributed by atoms with Crippen molar-refractivity contribution in [3.8, 4) is 0 Å². The molecule has 0 bridgehead atoms. The molecule has 110 valence electrons. The van der Waals surface area contributed by atoms with Gasteiger partial charge in [-0.05, 0) is 25.5 Å². The second kappa shape index (κ2) is 5.28. The van der Waals surface area contributed by atoms with Crippen molar-refractivity contribution >= 4 is 15.7 Å². The minimum atomic E-state index is -3.54. The zero-order valence-electron chi connectivity index (χ0n) is 11.2. The van der Waals surface area contributed by atoms with Gasteiger partial charge in [-0.1, -0.05) is 0 Å². The molecule has 1 atom stereocenters. The van der Waals surface area contributed by atoms with Crippen molar-refractivity contribution < 1.29 is 8.42 Å². The second-order valence-electron chi connectivity index (χ2n) is 5.21. The molecule has 2 aliphatic rings. The van der Waals surface area contributed by atoms with Gasteiger partial charge in [-0.3, -0.25) is 15.7 Å². The van der Waals surface area contributed by atoms with E-state index in [1.54, 1.807) is 10.4 Å². The number of hydrazine groups is 1. The Morgan fingerprint density at radius 2 is 2.20 bits per heavy atom. The zero-order valence-corrected chi connectivity index (χ0v) is 12.0. The Kier molecular flexibility index (Phi) is 3.63. The van der Waals surface area contributed by atoms with Crippen LogP contribution in [0.1, 0.15) is 12.8 Å². The van der Waals surface area contributed by atoms with E-state index in [9.17, 15) is 8.42 Å². The smallest absolute Gasteiger partial charge is 0.246 e. The van der Waals surface area contributed by atoms with Crippen LogP contribution in [0.2, 0.25) is 0 Å². The van der Waals surface area contributed by atoms with Gasteiger partial charge < -0.3 is 5.43 Å². The molecule has 1 unspecified atom stereocenters. The summed E-state index contributed by atoms with van der Waals surface area (Å²) in [6.07, 6.45) is 5.09. The van der Waals surface area contributed by atoms with E-state index in [-0.39, 0.29) is 4.90 Å². The number of hydrogen-bond acceptors (Lipinski definition) is 6. The van der Waals surface area contributed by atoms with E-state index in [0.29, 0.717) is 24.8 Å². The molecule has 7 nitrogen and oxygen atoms in total. The average Bonchev–Trinajstić information content (AvgIpc) is 2.94. The predicted molar refractivity (Wildman–Crippen MR) is 75.4 cm³/mol. The van der Waals surface area contributed by atoms with E-state index in [0.717, 1.165) is 25.9 Å². The molecule has 0 saturated carbocycles. The fraction of sp³-hybridized carbons (Fsp3) is 0.583. The monoisotopic (exact) mass is 297 g/mol. The molecule has 3 rings (SSSR count). The lowest BCUT2D eigenvalue weighted by Gasteiger charge is -2.36. The van der Waals surface area contributed by atoms with Gasteiger partial charge in [0.2, 0.25) is 10.0 Å². The number of piperazine rings is 1. The molecule has 8 heteroatoms. The van der Waals surface area contributed by atoms with Gasteiger partial charge >= 0.3 is 0 Å². The topological polar surface area (TPSA) is 91.6 Å². The lowest BCUT2D eigenvalue weighted by atomic mass is 10.2. The summed E-state index contributed by atoms with van der Waals surface area (Å²) in [7, 11) is -3.54. The second-order valence-corrected chi connectivity index (χ2v) is 7.12. The molecule has 2 saturated heterocycles. The highest BCUT2D eigenvalue weighted by molar-refractivity contribution is 7.89. The molecule has 1 aromatic rings. The van der Waals surface area contributed by atoms with Crippen LogP contribution in [0.3, 0.4) is 0 Å². The number of sulfonamides is 1. The van der Waals surface area contributed by atoms with Crippen molar-refractivity contribution in [3.63, 3.8) is 0 Å². The van der Waals surface area contributed by atoms with E-state index in [4.69, 9.17) is 5.84 Å². The maximum absolute atomic E-state index is 12.7. The number of hydrogen-bond donors (Lipinski definition) is 2. The van der Waals surface area contributed by atoms with Crippen LogP contribution in [0.25, 0.3) is 0 Å². The van der Waals surface area contributed by atoms with Crippen LogP contribution in [0, 0.1) is 0 Å². The molecular weight excluding hydrogens is 278 g/mol. The van der Waals surface area contributed by atoms with E-state index in [1.165, 1.54) is 12.4 Å². The largest absolute Gasteiger partial charge is 0.323 e. The minimum absolute atomic E-state index is 0.147. The van der Waals surface area contributed by atoms with Crippen molar-refractivity contribution in [1.82, 2.24) is 14.2 Å². The lowest BCUT2D eigenvalue weighted by molar-refractivity contribution is 0.158. The first-order valence-electron chi connectivity index (χ1n) is 6.78. The Labute approximate surface area is 118 Å². The van der Waals surface area contributed by atoms with Gasteiger partial charge in [0.05, 0.1) is 5.69 Å². The minimum Gasteiger partial charge on any atom is -0.323 e. The highest BCUT2D eigenvalue weighted by Gasteiger charge is 2.37. The molecule has 2 aliphatic heterocycles. The predicted octanol–water partition coefficient (Wildman–Crippen LogP) is -0.164. The summed E-state index contributed by atoms with van der Waals surface area (Å²) in [5, 5.41) is 0. The van der Waals surface area contributed by atoms with E-state index >= 15 is 0 Å². The Morgan fingerprint density at radius 3 is 3.00 bits per heavy atom. The van der Waals surface area contributed by atoms with Crippen LogP contribution < -0.4 is 11.3 Å². The van der Waals surface area contributed by atoms with Gasteiger partial charge in [0.15, 0.2) is 0 Å². The number of nitrogens with one attached hydrogen (secondary N) is 1. The molecule has 20 heavy (non-hydrogen) atoms. The maximum Gasteiger partial charge on any atom is 0.246 e. The van der Waals surface area contributed by atoms with Gasteiger partial charge in [-0.25, -0.2) is 8.42 Å². The number of anilines is 1. The first-order chi connectivity index (χ1) is 9.63. The number of pyridine rings is 1. The average molecular weight is 297 g/mol. The number of rotatable bonds is 3. The number of nitrogen functional groups attached to an aromatic ring is 1. The van der Waals surface area contributed by atoms with E-state index in [1.807, 2.05) is 0 Å². The number of nitrogens with two attached hydrogens (primary N) is 1. The molecule has 0 aromatic carbocycles. The van der Waals surface area contributed by atoms with Gasteiger partial charge in [0.25, 0.3) is 0 Å². The molecule has 0 radical (unpaired) electrons. The van der Waals surface area contributed by atoms with E-state index < -0.39 is 10.0 Å². The Balaban J connectivity index is 1.88. The molecular formula is C12H19N5O2S. The summed E-state index contributed by atoms with van der Waals surface area (Å²) in [5.74, 6) is 5.39.